The van der Waals surface area contributed by atoms with E-state index in [2.05, 4.69) is 39.5 Å². The van der Waals surface area contributed by atoms with Gasteiger partial charge in [-0.2, -0.15) is 0 Å². The molecule has 1 unspecified atom stereocenters. The van der Waals surface area contributed by atoms with Gasteiger partial charge in [-0.15, -0.1) is 0 Å². The van der Waals surface area contributed by atoms with Gasteiger partial charge in [0, 0.05) is 31.0 Å². The molecule has 6 nitrogen and oxygen atoms in total. The number of aromatic nitrogens is 2. The fourth-order valence-electron chi connectivity index (χ4n) is 3.65. The molecule has 1 atom stereocenters. The van der Waals surface area contributed by atoms with Crippen molar-refractivity contribution in [3.8, 4) is 0 Å². The van der Waals surface area contributed by atoms with Crippen LogP contribution >= 0.6 is 0 Å². The standard InChI is InChI=1S/C22H24N4O2/c1-16(17-8-10-18(11-9-17)25-12-4-2-5-13-25)23-22(28)19-15-21(27)26-14-6-3-7-20(26)24-19/h3,6-11,14-16H,2,4-5,12-13H2,1H3,(H,23,28). The third-order valence-electron chi connectivity index (χ3n) is 5.27. The Balaban J connectivity index is 1.48. The number of hydrogen-bond acceptors (Lipinski definition) is 4. The van der Waals surface area contributed by atoms with E-state index < -0.39 is 0 Å². The monoisotopic (exact) mass is 376 g/mol. The molecule has 3 aromatic rings. The highest BCUT2D eigenvalue weighted by atomic mass is 16.2. The van der Waals surface area contributed by atoms with Crippen LogP contribution in [0.15, 0.2) is 59.5 Å². The molecule has 6 heteroatoms. The largest absolute Gasteiger partial charge is 0.372 e. The van der Waals surface area contributed by atoms with Crippen LogP contribution in [0, 0.1) is 0 Å². The van der Waals surface area contributed by atoms with Gasteiger partial charge in [-0.3, -0.25) is 14.0 Å². The second-order valence-electron chi connectivity index (χ2n) is 7.24. The molecule has 1 N–H and O–H groups in total. The van der Waals surface area contributed by atoms with Crippen molar-refractivity contribution in [1.82, 2.24) is 14.7 Å². The molecule has 2 aromatic heterocycles. The number of nitrogens with zero attached hydrogens (tertiary/aromatic N) is 3. The first-order valence-corrected chi connectivity index (χ1v) is 9.76. The van der Waals surface area contributed by atoms with Crippen molar-refractivity contribution in [3.05, 3.63) is 76.3 Å². The summed E-state index contributed by atoms with van der Waals surface area (Å²) in [6.45, 7) is 4.14. The molecule has 1 aliphatic heterocycles. The molecule has 28 heavy (non-hydrogen) atoms. The number of amides is 1. The fourth-order valence-corrected chi connectivity index (χ4v) is 3.65. The van der Waals surface area contributed by atoms with E-state index in [1.54, 1.807) is 24.4 Å². The molecule has 4 rings (SSSR count). The molecule has 1 aromatic carbocycles. The molecular weight excluding hydrogens is 352 g/mol. The van der Waals surface area contributed by atoms with Gasteiger partial charge < -0.3 is 10.2 Å². The van der Waals surface area contributed by atoms with E-state index in [9.17, 15) is 9.59 Å². The summed E-state index contributed by atoms with van der Waals surface area (Å²) in [5.74, 6) is -0.351. The van der Waals surface area contributed by atoms with E-state index in [0.29, 0.717) is 5.65 Å². The molecule has 3 heterocycles. The number of rotatable bonds is 4. The predicted octanol–water partition coefficient (Wildman–Crippen LogP) is 3.18. The lowest BCUT2D eigenvalue weighted by Crippen LogP contribution is -2.30. The lowest BCUT2D eigenvalue weighted by molar-refractivity contribution is 0.0935. The Bertz CT molecular complexity index is 1040. The highest BCUT2D eigenvalue weighted by Gasteiger charge is 2.16. The molecule has 0 bridgehead atoms. The third-order valence-corrected chi connectivity index (χ3v) is 5.27. The van der Waals surface area contributed by atoms with E-state index >= 15 is 0 Å². The Morgan fingerprint density at radius 2 is 1.82 bits per heavy atom. The minimum absolute atomic E-state index is 0.132. The van der Waals surface area contributed by atoms with Crippen LogP contribution in [0.3, 0.4) is 0 Å². The number of carbonyl (C=O) groups is 1. The van der Waals surface area contributed by atoms with Gasteiger partial charge in [-0.25, -0.2) is 4.98 Å². The maximum Gasteiger partial charge on any atom is 0.270 e. The van der Waals surface area contributed by atoms with Gasteiger partial charge >= 0.3 is 0 Å². The van der Waals surface area contributed by atoms with Crippen LogP contribution in [0.25, 0.3) is 5.65 Å². The van der Waals surface area contributed by atoms with Gasteiger partial charge in [-0.1, -0.05) is 18.2 Å². The smallest absolute Gasteiger partial charge is 0.270 e. The number of pyridine rings is 1. The van der Waals surface area contributed by atoms with Gasteiger partial charge in [0.05, 0.1) is 6.04 Å². The quantitative estimate of drug-likeness (QED) is 0.759. The molecular formula is C22H24N4O2. The van der Waals surface area contributed by atoms with E-state index in [4.69, 9.17) is 0 Å². The van der Waals surface area contributed by atoms with Crippen LogP contribution in [0.5, 0.6) is 0 Å². The molecule has 1 aliphatic rings. The summed E-state index contributed by atoms with van der Waals surface area (Å²) in [7, 11) is 0. The summed E-state index contributed by atoms with van der Waals surface area (Å²) < 4.78 is 1.42. The fraction of sp³-hybridized carbons (Fsp3) is 0.318. The first kappa shape index (κ1) is 18.2. The first-order chi connectivity index (χ1) is 13.6. The average molecular weight is 376 g/mol. The summed E-state index contributed by atoms with van der Waals surface area (Å²) in [5.41, 5.74) is 2.57. The van der Waals surface area contributed by atoms with Gasteiger partial charge in [0.15, 0.2) is 0 Å². The zero-order valence-electron chi connectivity index (χ0n) is 16.0. The topological polar surface area (TPSA) is 66.7 Å². The van der Waals surface area contributed by atoms with Crippen LogP contribution < -0.4 is 15.8 Å². The number of fused-ring (bicyclic) bond motifs is 1. The summed E-state index contributed by atoms with van der Waals surface area (Å²) in [5, 5.41) is 2.94. The van der Waals surface area contributed by atoms with Crippen LogP contribution in [0.1, 0.15) is 48.3 Å². The second kappa shape index (κ2) is 7.84. The van der Waals surface area contributed by atoms with E-state index in [-0.39, 0.29) is 23.2 Å². The van der Waals surface area contributed by atoms with Crippen LogP contribution in [-0.2, 0) is 0 Å². The minimum Gasteiger partial charge on any atom is -0.372 e. The summed E-state index contributed by atoms with van der Waals surface area (Å²) in [6.07, 6.45) is 5.43. The average Bonchev–Trinajstić information content (AvgIpc) is 2.74. The predicted molar refractivity (Wildman–Crippen MR) is 110 cm³/mol. The van der Waals surface area contributed by atoms with Crippen molar-refractivity contribution in [2.45, 2.75) is 32.2 Å². The Kier molecular flexibility index (Phi) is 5.10. The molecule has 1 amide bonds. The lowest BCUT2D eigenvalue weighted by Gasteiger charge is -2.29. The molecule has 0 aliphatic carbocycles. The van der Waals surface area contributed by atoms with Crippen molar-refractivity contribution in [2.24, 2.45) is 0 Å². The van der Waals surface area contributed by atoms with Crippen molar-refractivity contribution in [1.29, 1.82) is 0 Å². The Morgan fingerprint density at radius 1 is 1.07 bits per heavy atom. The molecule has 144 valence electrons. The van der Waals surface area contributed by atoms with Crippen LogP contribution in [0.4, 0.5) is 5.69 Å². The van der Waals surface area contributed by atoms with Crippen molar-refractivity contribution >= 4 is 17.2 Å². The van der Waals surface area contributed by atoms with Gasteiger partial charge in [0.25, 0.3) is 11.5 Å². The normalized spacial score (nSPS) is 15.4. The summed E-state index contributed by atoms with van der Waals surface area (Å²) >= 11 is 0. The molecule has 0 spiro atoms. The molecule has 0 radical (unpaired) electrons. The molecule has 1 saturated heterocycles. The van der Waals surface area contributed by atoms with E-state index in [1.807, 2.05) is 6.92 Å². The number of anilines is 1. The van der Waals surface area contributed by atoms with Crippen molar-refractivity contribution < 1.29 is 4.79 Å². The zero-order valence-corrected chi connectivity index (χ0v) is 16.0. The Hall–Kier alpha value is -3.15. The maximum absolute atomic E-state index is 12.6. The number of benzene rings is 1. The van der Waals surface area contributed by atoms with E-state index in [0.717, 1.165) is 18.7 Å². The number of nitrogens with one attached hydrogen (secondary N) is 1. The van der Waals surface area contributed by atoms with Gasteiger partial charge in [-0.05, 0) is 56.0 Å². The van der Waals surface area contributed by atoms with Crippen LogP contribution in [0.2, 0.25) is 0 Å². The summed E-state index contributed by atoms with van der Waals surface area (Å²) in [4.78, 5) is 31.5. The lowest BCUT2D eigenvalue weighted by atomic mass is 10.1. The first-order valence-electron chi connectivity index (χ1n) is 9.76. The van der Waals surface area contributed by atoms with Crippen molar-refractivity contribution in [2.75, 3.05) is 18.0 Å². The number of hydrogen-bond donors (Lipinski definition) is 1. The Labute approximate surface area is 163 Å². The van der Waals surface area contributed by atoms with Crippen LogP contribution in [-0.4, -0.2) is 28.4 Å². The summed E-state index contributed by atoms with van der Waals surface area (Å²) in [6, 6.07) is 14.7. The van der Waals surface area contributed by atoms with E-state index in [1.165, 1.54) is 35.4 Å². The van der Waals surface area contributed by atoms with Gasteiger partial charge in [0.2, 0.25) is 0 Å². The highest BCUT2D eigenvalue weighted by molar-refractivity contribution is 5.92. The number of carbonyl (C=O) groups excluding carboxylic acids is 1. The number of piperidine rings is 1. The second-order valence-corrected chi connectivity index (χ2v) is 7.24. The maximum atomic E-state index is 12.6. The SMILES string of the molecule is CC(NC(=O)c1cc(=O)n2ccccc2n1)c1ccc(N2CCCCC2)cc1. The minimum atomic E-state index is -0.351. The highest BCUT2D eigenvalue weighted by Crippen LogP contribution is 2.22. The van der Waals surface area contributed by atoms with Gasteiger partial charge in [0.1, 0.15) is 11.3 Å². The third kappa shape index (κ3) is 3.76. The molecule has 1 fully saturated rings. The molecule has 0 saturated carbocycles. The zero-order chi connectivity index (χ0) is 19.5. The van der Waals surface area contributed by atoms with Crippen molar-refractivity contribution in [3.63, 3.8) is 0 Å². The Morgan fingerprint density at radius 3 is 2.57 bits per heavy atom.